The first-order chi connectivity index (χ1) is 15.5. The molecule has 1 aliphatic rings. The molecule has 0 bridgehead atoms. The molecule has 162 valence electrons. The van der Waals surface area contributed by atoms with Crippen molar-refractivity contribution >= 4 is 34.6 Å². The number of halogens is 2. The van der Waals surface area contributed by atoms with Crippen molar-refractivity contribution < 1.29 is 18.3 Å². The van der Waals surface area contributed by atoms with Gasteiger partial charge in [0.2, 0.25) is 0 Å². The third-order valence-corrected chi connectivity index (χ3v) is 5.78. The van der Waals surface area contributed by atoms with Crippen LogP contribution in [0.1, 0.15) is 18.1 Å². The topological polar surface area (TPSA) is 41.9 Å². The Bertz CT molecular complexity index is 1180. The quantitative estimate of drug-likeness (QED) is 0.422. The molecule has 3 aromatic rings. The summed E-state index contributed by atoms with van der Waals surface area (Å²) in [4.78, 5) is 19.6. The lowest BCUT2D eigenvalue weighted by Gasteiger charge is -2.12. The molecule has 0 N–H and O–H groups in total. The molecule has 1 aliphatic heterocycles. The molecule has 32 heavy (non-hydrogen) atoms. The van der Waals surface area contributed by atoms with E-state index >= 15 is 0 Å². The number of likely N-dealkylation sites (N-methyl/N-ethyl adjacent to an activating group) is 1. The van der Waals surface area contributed by atoms with Crippen molar-refractivity contribution in [3.8, 4) is 5.75 Å². The zero-order chi connectivity index (χ0) is 22.5. The number of carbonyl (C=O) groups excluding carboxylic acids is 1. The van der Waals surface area contributed by atoms with E-state index < -0.39 is 0 Å². The molecule has 1 amide bonds. The summed E-state index contributed by atoms with van der Waals surface area (Å²) in [6.45, 7) is 2.62. The van der Waals surface area contributed by atoms with E-state index in [0.29, 0.717) is 28.1 Å². The average molecular weight is 451 g/mol. The lowest BCUT2D eigenvalue weighted by Crippen LogP contribution is -2.28. The molecule has 3 aromatic carbocycles. The van der Waals surface area contributed by atoms with Gasteiger partial charge in [0.1, 0.15) is 24.0 Å². The first-order valence-corrected chi connectivity index (χ1v) is 10.9. The van der Waals surface area contributed by atoms with E-state index in [9.17, 15) is 13.6 Å². The summed E-state index contributed by atoms with van der Waals surface area (Å²) >= 11 is 1.27. The molecule has 1 fully saturated rings. The minimum Gasteiger partial charge on any atom is -0.488 e. The van der Waals surface area contributed by atoms with Crippen molar-refractivity contribution in [1.82, 2.24) is 4.90 Å². The van der Waals surface area contributed by atoms with Gasteiger partial charge in [-0.2, -0.15) is 0 Å². The second-order valence-corrected chi connectivity index (χ2v) is 7.99. The molecule has 0 unspecified atom stereocenters. The molecule has 0 radical (unpaired) electrons. The fourth-order valence-electron chi connectivity index (χ4n) is 3.11. The van der Waals surface area contributed by atoms with E-state index in [0.717, 1.165) is 11.1 Å². The number of amidine groups is 1. The summed E-state index contributed by atoms with van der Waals surface area (Å²) in [5.41, 5.74) is 2.17. The average Bonchev–Trinajstić information content (AvgIpc) is 3.09. The Balaban J connectivity index is 1.57. The van der Waals surface area contributed by atoms with Crippen LogP contribution in [0, 0.1) is 11.6 Å². The van der Waals surface area contributed by atoms with Gasteiger partial charge in [-0.15, -0.1) is 0 Å². The van der Waals surface area contributed by atoms with Crippen LogP contribution >= 0.6 is 11.8 Å². The highest BCUT2D eigenvalue weighted by Crippen LogP contribution is 2.35. The zero-order valence-corrected chi connectivity index (χ0v) is 18.1. The summed E-state index contributed by atoms with van der Waals surface area (Å²) in [6, 6.07) is 19.3. The summed E-state index contributed by atoms with van der Waals surface area (Å²) in [5.74, 6) is -0.167. The van der Waals surface area contributed by atoms with Crippen molar-refractivity contribution in [3.05, 3.63) is 100 Å². The van der Waals surface area contributed by atoms with Crippen molar-refractivity contribution in [2.75, 3.05) is 6.54 Å². The summed E-state index contributed by atoms with van der Waals surface area (Å²) in [5, 5.41) is 0.542. The molecular formula is C25H20F2N2O2S. The molecule has 0 aliphatic carbocycles. The Morgan fingerprint density at radius 1 is 0.969 bits per heavy atom. The van der Waals surface area contributed by atoms with Crippen LogP contribution in [-0.4, -0.2) is 22.5 Å². The Kier molecular flexibility index (Phi) is 6.66. The largest absolute Gasteiger partial charge is 0.488 e. The number of hydrogen-bond donors (Lipinski definition) is 0. The summed E-state index contributed by atoms with van der Waals surface area (Å²) < 4.78 is 32.2. The van der Waals surface area contributed by atoms with Gasteiger partial charge < -0.3 is 4.74 Å². The molecule has 0 spiro atoms. The molecule has 1 saturated heterocycles. The normalized spacial score (nSPS) is 16.2. The number of rotatable bonds is 6. The molecule has 4 nitrogen and oxygen atoms in total. The number of benzene rings is 3. The first kappa shape index (κ1) is 21.8. The minimum absolute atomic E-state index is 0.147. The number of aliphatic imine (C=N–C) groups is 1. The number of para-hydroxylation sites is 1. The van der Waals surface area contributed by atoms with Crippen LogP contribution in [0.2, 0.25) is 0 Å². The summed E-state index contributed by atoms with van der Waals surface area (Å²) in [6.07, 6.45) is 1.78. The molecular weight excluding hydrogens is 430 g/mol. The molecule has 7 heteroatoms. The van der Waals surface area contributed by atoms with Crippen LogP contribution in [0.25, 0.3) is 6.08 Å². The van der Waals surface area contributed by atoms with Gasteiger partial charge >= 0.3 is 0 Å². The Morgan fingerprint density at radius 3 is 2.31 bits per heavy atom. The zero-order valence-electron chi connectivity index (χ0n) is 17.3. The van der Waals surface area contributed by atoms with Gasteiger partial charge in [0.05, 0.1) is 10.6 Å². The second-order valence-electron chi connectivity index (χ2n) is 6.98. The maximum absolute atomic E-state index is 13.2. The third-order valence-electron chi connectivity index (χ3n) is 4.77. The number of nitrogens with zero attached hydrogens (tertiary/aromatic N) is 2. The standard InChI is InChI=1S/C25H20F2N2O2S/c1-2-29-24(30)23(32-25(29)28-21-13-11-20(27)12-14-21)15-18-5-3-4-6-22(18)31-16-17-7-9-19(26)10-8-17/h3-15H,2,16H2,1H3/b23-15+,28-25?. The maximum Gasteiger partial charge on any atom is 0.266 e. The monoisotopic (exact) mass is 450 g/mol. The first-order valence-electron chi connectivity index (χ1n) is 10.1. The smallest absolute Gasteiger partial charge is 0.266 e. The fraction of sp³-hybridized carbons (Fsp3) is 0.120. The SMILES string of the molecule is CCN1C(=O)/C(=C\c2ccccc2OCc2ccc(F)cc2)SC1=Nc1ccc(F)cc1. The molecule has 0 saturated carbocycles. The predicted octanol–water partition coefficient (Wildman–Crippen LogP) is 6.17. The van der Waals surface area contributed by atoms with E-state index in [1.807, 2.05) is 31.2 Å². The summed E-state index contributed by atoms with van der Waals surface area (Å²) in [7, 11) is 0. The maximum atomic E-state index is 13.2. The molecule has 0 aromatic heterocycles. The minimum atomic E-state index is -0.339. The van der Waals surface area contributed by atoms with Crippen LogP contribution in [0.4, 0.5) is 14.5 Å². The lowest BCUT2D eigenvalue weighted by molar-refractivity contribution is -0.122. The van der Waals surface area contributed by atoms with Gasteiger partial charge in [0, 0.05) is 12.1 Å². The highest BCUT2D eigenvalue weighted by Gasteiger charge is 2.32. The number of amides is 1. The molecule has 4 rings (SSSR count). The van der Waals surface area contributed by atoms with Crippen LogP contribution in [0.15, 0.2) is 82.7 Å². The van der Waals surface area contributed by atoms with E-state index in [4.69, 9.17) is 4.74 Å². The lowest BCUT2D eigenvalue weighted by atomic mass is 10.1. The van der Waals surface area contributed by atoms with E-state index in [-0.39, 0.29) is 24.1 Å². The van der Waals surface area contributed by atoms with Crippen LogP contribution in [0.3, 0.4) is 0 Å². The van der Waals surface area contributed by atoms with Crippen LogP contribution in [-0.2, 0) is 11.4 Å². The van der Waals surface area contributed by atoms with Crippen LogP contribution < -0.4 is 4.74 Å². The third kappa shape index (κ3) is 5.06. The Labute approximate surface area is 189 Å². The van der Waals surface area contributed by atoms with Gasteiger partial charge in [-0.25, -0.2) is 13.8 Å². The Hall–Kier alpha value is -3.45. The fourth-order valence-corrected chi connectivity index (χ4v) is 4.16. The van der Waals surface area contributed by atoms with E-state index in [2.05, 4.69) is 4.99 Å². The van der Waals surface area contributed by atoms with Gasteiger partial charge in [-0.05, 0) is 72.8 Å². The molecule has 0 atom stereocenters. The van der Waals surface area contributed by atoms with Gasteiger partial charge in [0.25, 0.3) is 5.91 Å². The van der Waals surface area contributed by atoms with Crippen molar-refractivity contribution in [1.29, 1.82) is 0 Å². The highest BCUT2D eigenvalue weighted by molar-refractivity contribution is 8.18. The van der Waals surface area contributed by atoms with Gasteiger partial charge in [-0.1, -0.05) is 30.3 Å². The van der Waals surface area contributed by atoms with Crippen molar-refractivity contribution in [3.63, 3.8) is 0 Å². The number of ether oxygens (including phenoxy) is 1. The van der Waals surface area contributed by atoms with Gasteiger partial charge in [-0.3, -0.25) is 9.69 Å². The number of carbonyl (C=O) groups is 1. The van der Waals surface area contributed by atoms with Gasteiger partial charge in [0.15, 0.2) is 5.17 Å². The number of thioether (sulfide) groups is 1. The second kappa shape index (κ2) is 9.78. The van der Waals surface area contributed by atoms with E-state index in [1.165, 1.54) is 36.0 Å². The Morgan fingerprint density at radius 2 is 1.62 bits per heavy atom. The van der Waals surface area contributed by atoms with Crippen LogP contribution in [0.5, 0.6) is 5.75 Å². The predicted molar refractivity (Wildman–Crippen MR) is 124 cm³/mol. The highest BCUT2D eigenvalue weighted by atomic mass is 32.2. The molecule has 1 heterocycles. The number of hydrogen-bond acceptors (Lipinski definition) is 4. The van der Waals surface area contributed by atoms with E-state index in [1.54, 1.807) is 35.2 Å². The van der Waals surface area contributed by atoms with Crippen molar-refractivity contribution in [2.24, 2.45) is 4.99 Å². The van der Waals surface area contributed by atoms with Crippen molar-refractivity contribution in [2.45, 2.75) is 13.5 Å².